The summed E-state index contributed by atoms with van der Waals surface area (Å²) in [5.74, 6) is 0.549. The molecule has 1 aromatic carbocycles. The van der Waals surface area contributed by atoms with Crippen molar-refractivity contribution in [3.8, 4) is 11.5 Å². The Morgan fingerprint density at radius 3 is 2.39 bits per heavy atom. The summed E-state index contributed by atoms with van der Waals surface area (Å²) in [6.45, 7) is 7.10. The average Bonchev–Trinajstić information content (AvgIpc) is 2.65. The van der Waals surface area contributed by atoms with Gasteiger partial charge in [0.15, 0.2) is 0 Å². The van der Waals surface area contributed by atoms with Crippen molar-refractivity contribution in [2.45, 2.75) is 39.4 Å². The van der Waals surface area contributed by atoms with Crippen LogP contribution in [0.4, 0.5) is 13.2 Å². The van der Waals surface area contributed by atoms with E-state index in [0.717, 1.165) is 30.6 Å². The van der Waals surface area contributed by atoms with Crippen molar-refractivity contribution in [3.63, 3.8) is 0 Å². The molecule has 8 heteroatoms. The molecule has 0 spiro atoms. The fourth-order valence-corrected chi connectivity index (χ4v) is 3.71. The van der Waals surface area contributed by atoms with Gasteiger partial charge in [-0.2, -0.15) is 13.2 Å². The van der Waals surface area contributed by atoms with E-state index in [2.05, 4.69) is 30.7 Å². The van der Waals surface area contributed by atoms with Gasteiger partial charge in [-0.05, 0) is 48.2 Å². The van der Waals surface area contributed by atoms with Gasteiger partial charge in [-0.25, -0.2) is 9.97 Å². The minimum atomic E-state index is -4.49. The number of hydrogen-bond donors (Lipinski definition) is 0. The molecule has 1 unspecified atom stereocenters. The van der Waals surface area contributed by atoms with E-state index in [-0.39, 0.29) is 23.1 Å². The lowest BCUT2D eigenvalue weighted by molar-refractivity contribution is -0.141. The van der Waals surface area contributed by atoms with Gasteiger partial charge in [-0.1, -0.05) is 26.8 Å². The minimum Gasteiger partial charge on any atom is -0.456 e. The van der Waals surface area contributed by atoms with Crippen LogP contribution in [0.1, 0.15) is 43.4 Å². The highest BCUT2D eigenvalue weighted by atomic mass is 19.4. The van der Waals surface area contributed by atoms with Crippen molar-refractivity contribution in [2.75, 3.05) is 6.54 Å². The second-order valence-corrected chi connectivity index (χ2v) is 8.70. The zero-order valence-corrected chi connectivity index (χ0v) is 17.4. The molecular formula is C23H22F3N3O2. The van der Waals surface area contributed by atoms with Crippen molar-refractivity contribution in [1.82, 2.24) is 14.9 Å². The van der Waals surface area contributed by atoms with Crippen molar-refractivity contribution < 1.29 is 22.7 Å². The summed E-state index contributed by atoms with van der Waals surface area (Å²) in [6, 6.07) is 10.9. The van der Waals surface area contributed by atoms with E-state index in [9.17, 15) is 18.0 Å². The Balaban J connectivity index is 1.51. The number of ether oxygens (including phenoxy) is 1. The predicted octanol–water partition coefficient (Wildman–Crippen LogP) is 5.70. The fourth-order valence-electron chi connectivity index (χ4n) is 3.71. The molecule has 1 fully saturated rings. The lowest BCUT2D eigenvalue weighted by Gasteiger charge is -2.48. The Morgan fingerprint density at radius 2 is 1.81 bits per heavy atom. The molecule has 1 atom stereocenters. The highest BCUT2D eigenvalue weighted by molar-refractivity contribution is 5.95. The number of fused-ring (bicyclic) bond motifs is 1. The highest BCUT2D eigenvalue weighted by Gasteiger charge is 2.40. The summed E-state index contributed by atoms with van der Waals surface area (Å²) >= 11 is 0. The zero-order chi connectivity index (χ0) is 22.4. The lowest BCUT2D eigenvalue weighted by atomic mass is 9.79. The van der Waals surface area contributed by atoms with E-state index >= 15 is 0 Å². The third-order valence-corrected chi connectivity index (χ3v) is 5.42. The molecule has 3 heterocycles. The Hall–Kier alpha value is -3.16. The Labute approximate surface area is 177 Å². The van der Waals surface area contributed by atoms with Crippen molar-refractivity contribution in [2.24, 2.45) is 5.41 Å². The van der Waals surface area contributed by atoms with Gasteiger partial charge in [0, 0.05) is 18.0 Å². The Kier molecular flexibility index (Phi) is 5.11. The lowest BCUT2D eigenvalue weighted by Crippen LogP contribution is -2.57. The summed E-state index contributed by atoms with van der Waals surface area (Å²) in [5, 5.41) is 0.755. The molecule has 1 saturated heterocycles. The number of amides is 1. The summed E-state index contributed by atoms with van der Waals surface area (Å²) in [5.41, 5.74) is 0.0683. The molecule has 0 saturated carbocycles. The molecule has 4 rings (SSSR count). The van der Waals surface area contributed by atoms with Crippen LogP contribution in [-0.4, -0.2) is 33.4 Å². The van der Waals surface area contributed by atoms with Gasteiger partial charge in [-0.3, -0.25) is 4.79 Å². The number of hydrogen-bond acceptors (Lipinski definition) is 4. The maximum atomic E-state index is 12.9. The first-order valence-corrected chi connectivity index (χ1v) is 9.95. The fraction of sp³-hybridized carbons (Fsp3) is 0.348. The number of benzene rings is 1. The summed E-state index contributed by atoms with van der Waals surface area (Å²) in [6.07, 6.45) is -2.47. The zero-order valence-electron chi connectivity index (χ0n) is 17.4. The van der Waals surface area contributed by atoms with Gasteiger partial charge in [0.1, 0.15) is 22.9 Å². The van der Waals surface area contributed by atoms with Gasteiger partial charge in [0.25, 0.3) is 5.91 Å². The highest BCUT2D eigenvalue weighted by Crippen LogP contribution is 2.35. The molecule has 0 N–H and O–H groups in total. The van der Waals surface area contributed by atoms with Crippen LogP contribution in [0.15, 0.2) is 48.7 Å². The number of carbonyl (C=O) groups is 1. The number of likely N-dealkylation sites (tertiary alicyclic amines) is 1. The third-order valence-electron chi connectivity index (χ3n) is 5.42. The molecule has 1 aliphatic rings. The first-order chi connectivity index (χ1) is 14.5. The van der Waals surface area contributed by atoms with Crippen LogP contribution in [0, 0.1) is 5.41 Å². The van der Waals surface area contributed by atoms with Gasteiger partial charge in [-0.15, -0.1) is 0 Å². The van der Waals surface area contributed by atoms with Crippen molar-refractivity contribution >= 4 is 16.8 Å². The second kappa shape index (κ2) is 7.51. The number of rotatable bonds is 3. The topological polar surface area (TPSA) is 55.3 Å². The van der Waals surface area contributed by atoms with Crippen molar-refractivity contribution in [1.29, 1.82) is 0 Å². The molecule has 0 radical (unpaired) electrons. The van der Waals surface area contributed by atoms with Gasteiger partial charge in [0.05, 0.1) is 11.7 Å². The molecule has 3 aromatic rings. The third kappa shape index (κ3) is 4.33. The number of alkyl halides is 3. The normalized spacial score (nSPS) is 16.8. The summed E-state index contributed by atoms with van der Waals surface area (Å²) in [7, 11) is 0. The molecule has 162 valence electrons. The number of nitrogens with zero attached hydrogens (tertiary/aromatic N) is 3. The maximum Gasteiger partial charge on any atom is 0.433 e. The molecule has 2 aromatic heterocycles. The van der Waals surface area contributed by atoms with Gasteiger partial charge >= 0.3 is 6.18 Å². The van der Waals surface area contributed by atoms with Crippen LogP contribution in [0.25, 0.3) is 10.9 Å². The summed E-state index contributed by atoms with van der Waals surface area (Å²) < 4.78 is 43.5. The van der Waals surface area contributed by atoms with Crippen LogP contribution in [0.3, 0.4) is 0 Å². The second-order valence-electron chi connectivity index (χ2n) is 8.70. The predicted molar refractivity (Wildman–Crippen MR) is 110 cm³/mol. The van der Waals surface area contributed by atoms with Crippen LogP contribution < -0.4 is 4.74 Å². The molecular weight excluding hydrogens is 407 g/mol. The number of carbonyl (C=O) groups excluding carboxylic acids is 1. The molecule has 0 bridgehead atoms. The average molecular weight is 429 g/mol. The van der Waals surface area contributed by atoms with Crippen LogP contribution in [-0.2, 0) is 6.18 Å². The SMILES string of the molecule is CC(C)(C)C1CCN1C(=O)c1ccc2cc(Oc3ccc(C(F)(F)F)nc3)ccc2n1. The monoisotopic (exact) mass is 429 g/mol. The first kappa shape index (κ1) is 21.1. The molecule has 1 aliphatic heterocycles. The van der Waals surface area contributed by atoms with Crippen LogP contribution >= 0.6 is 0 Å². The Morgan fingerprint density at radius 1 is 1.06 bits per heavy atom. The van der Waals surface area contributed by atoms with E-state index in [1.165, 1.54) is 6.07 Å². The van der Waals surface area contributed by atoms with Crippen LogP contribution in [0.2, 0.25) is 0 Å². The van der Waals surface area contributed by atoms with Crippen LogP contribution in [0.5, 0.6) is 11.5 Å². The summed E-state index contributed by atoms with van der Waals surface area (Å²) in [4.78, 5) is 22.6. The van der Waals surface area contributed by atoms with Crippen molar-refractivity contribution in [3.05, 3.63) is 60.0 Å². The minimum absolute atomic E-state index is 0.0180. The quantitative estimate of drug-likeness (QED) is 0.536. The number of halogens is 3. The van der Waals surface area contributed by atoms with Gasteiger partial charge in [0.2, 0.25) is 0 Å². The van der Waals surface area contributed by atoms with E-state index in [4.69, 9.17) is 4.74 Å². The molecule has 5 nitrogen and oxygen atoms in total. The molecule has 1 amide bonds. The largest absolute Gasteiger partial charge is 0.456 e. The standard InChI is InChI=1S/C23H22F3N3O2/c1-22(2,3)20-10-11-29(20)21(30)18-7-4-14-12-15(5-8-17(14)28-18)31-16-6-9-19(27-13-16)23(24,25)26/h4-9,12-13,20H,10-11H2,1-3H3. The smallest absolute Gasteiger partial charge is 0.433 e. The van der Waals surface area contributed by atoms with E-state index in [1.807, 2.05) is 4.90 Å². The maximum absolute atomic E-state index is 12.9. The van der Waals surface area contributed by atoms with Gasteiger partial charge < -0.3 is 9.64 Å². The number of aromatic nitrogens is 2. The van der Waals surface area contributed by atoms with E-state index in [0.29, 0.717) is 17.0 Å². The number of pyridine rings is 2. The van der Waals surface area contributed by atoms with E-state index in [1.54, 1.807) is 30.3 Å². The first-order valence-electron chi connectivity index (χ1n) is 9.95. The van der Waals surface area contributed by atoms with E-state index < -0.39 is 11.9 Å². The Bertz CT molecular complexity index is 1120. The molecule has 31 heavy (non-hydrogen) atoms. The molecule has 0 aliphatic carbocycles.